The summed E-state index contributed by atoms with van der Waals surface area (Å²) in [5.41, 5.74) is 6.96. The number of pyridine rings is 1. The van der Waals surface area contributed by atoms with Gasteiger partial charge in [-0.1, -0.05) is 84.0 Å². The molecule has 0 amide bonds. The molecule has 0 fully saturated rings. The maximum absolute atomic E-state index is 4.91. The van der Waals surface area contributed by atoms with Crippen molar-refractivity contribution in [2.24, 2.45) is 4.99 Å². The Balaban J connectivity index is 2.08. The molecular weight excluding hydrogens is 328 g/mol. The molecule has 27 heavy (non-hydrogen) atoms. The molecule has 0 atom stereocenters. The number of benzene rings is 2. The van der Waals surface area contributed by atoms with Gasteiger partial charge in [-0.25, -0.2) is 4.98 Å². The fourth-order valence-corrected chi connectivity index (χ4v) is 3.51. The number of hydrogen-bond donors (Lipinski definition) is 0. The Morgan fingerprint density at radius 2 is 1.26 bits per heavy atom. The molecule has 2 heteroatoms. The van der Waals surface area contributed by atoms with E-state index in [1.165, 1.54) is 22.1 Å². The Labute approximate surface area is 163 Å². The Morgan fingerprint density at radius 3 is 1.85 bits per heavy atom. The molecule has 0 N–H and O–H groups in total. The van der Waals surface area contributed by atoms with E-state index in [0.29, 0.717) is 17.8 Å². The van der Waals surface area contributed by atoms with Crippen molar-refractivity contribution in [3.05, 3.63) is 70.9 Å². The van der Waals surface area contributed by atoms with E-state index >= 15 is 0 Å². The summed E-state index contributed by atoms with van der Waals surface area (Å²) in [6, 6.07) is 17.1. The van der Waals surface area contributed by atoms with Gasteiger partial charge in [-0.15, -0.1) is 0 Å². The lowest BCUT2D eigenvalue weighted by Gasteiger charge is -2.16. The third-order valence-electron chi connectivity index (χ3n) is 5.06. The number of para-hydroxylation sites is 2. The van der Waals surface area contributed by atoms with Crippen LogP contribution in [-0.4, -0.2) is 11.2 Å². The highest BCUT2D eigenvalue weighted by atomic mass is 14.8. The van der Waals surface area contributed by atoms with Gasteiger partial charge in [0, 0.05) is 5.39 Å². The summed E-state index contributed by atoms with van der Waals surface area (Å²) >= 11 is 0. The van der Waals surface area contributed by atoms with E-state index in [0.717, 1.165) is 16.9 Å². The maximum Gasteiger partial charge on any atom is 0.0820 e. The Bertz CT molecular complexity index is 939. The quantitative estimate of drug-likeness (QED) is 0.437. The van der Waals surface area contributed by atoms with Crippen molar-refractivity contribution in [1.82, 2.24) is 4.98 Å². The van der Waals surface area contributed by atoms with Crippen LogP contribution < -0.4 is 0 Å². The Kier molecular flexibility index (Phi) is 5.74. The topological polar surface area (TPSA) is 25.2 Å². The second-order valence-electron chi connectivity index (χ2n) is 8.16. The molecule has 0 unspecified atom stereocenters. The summed E-state index contributed by atoms with van der Waals surface area (Å²) in [4.78, 5) is 9.82. The zero-order valence-corrected chi connectivity index (χ0v) is 17.3. The number of rotatable bonds is 5. The summed E-state index contributed by atoms with van der Waals surface area (Å²) in [6.45, 7) is 13.3. The monoisotopic (exact) mass is 358 g/mol. The van der Waals surface area contributed by atoms with Crippen molar-refractivity contribution in [2.75, 3.05) is 0 Å². The molecule has 0 saturated carbocycles. The van der Waals surface area contributed by atoms with Gasteiger partial charge in [-0.05, 0) is 40.5 Å². The number of hydrogen-bond acceptors (Lipinski definition) is 2. The molecule has 1 heterocycles. The third kappa shape index (κ3) is 4.10. The van der Waals surface area contributed by atoms with Crippen molar-refractivity contribution in [2.45, 2.75) is 59.3 Å². The van der Waals surface area contributed by atoms with Crippen molar-refractivity contribution in [1.29, 1.82) is 0 Å². The van der Waals surface area contributed by atoms with Gasteiger partial charge in [0.05, 0.1) is 23.1 Å². The van der Waals surface area contributed by atoms with Gasteiger partial charge in [-0.3, -0.25) is 4.99 Å². The van der Waals surface area contributed by atoms with E-state index in [2.05, 4.69) is 90.1 Å². The molecule has 0 radical (unpaired) electrons. The lowest BCUT2D eigenvalue weighted by molar-refractivity contribution is 0.835. The van der Waals surface area contributed by atoms with Crippen LogP contribution >= 0.6 is 0 Å². The SMILES string of the molecule is CC(C)c1cccc(C(C)C)c1N=Cc1ccc2cccc(C(C)C)c2n1. The molecule has 0 saturated heterocycles. The molecule has 1 aromatic heterocycles. The Hall–Kier alpha value is -2.48. The molecule has 3 aromatic rings. The third-order valence-corrected chi connectivity index (χ3v) is 5.06. The first kappa shape index (κ1) is 19.3. The molecule has 0 aliphatic rings. The lowest BCUT2D eigenvalue weighted by atomic mass is 9.93. The lowest BCUT2D eigenvalue weighted by Crippen LogP contribution is -1.97. The number of aliphatic imine (C=N–C) groups is 1. The summed E-state index contributed by atoms with van der Waals surface area (Å²) in [6.07, 6.45) is 1.92. The highest BCUT2D eigenvalue weighted by Gasteiger charge is 2.13. The highest BCUT2D eigenvalue weighted by molar-refractivity contribution is 5.88. The minimum Gasteiger partial charge on any atom is -0.254 e. The zero-order valence-electron chi connectivity index (χ0n) is 17.3. The van der Waals surface area contributed by atoms with Crippen molar-refractivity contribution >= 4 is 22.8 Å². The predicted molar refractivity (Wildman–Crippen MR) is 118 cm³/mol. The minimum atomic E-state index is 0.438. The van der Waals surface area contributed by atoms with Gasteiger partial charge < -0.3 is 0 Å². The predicted octanol–water partition coefficient (Wildman–Crippen LogP) is 7.36. The van der Waals surface area contributed by atoms with Crippen LogP contribution in [0, 0.1) is 0 Å². The molecule has 0 aliphatic heterocycles. The molecule has 140 valence electrons. The first-order chi connectivity index (χ1) is 12.9. The Morgan fingerprint density at radius 1 is 0.704 bits per heavy atom. The maximum atomic E-state index is 4.91. The molecule has 3 rings (SSSR count). The van der Waals surface area contributed by atoms with Crippen LogP contribution in [0.5, 0.6) is 0 Å². The molecule has 0 aliphatic carbocycles. The van der Waals surface area contributed by atoms with E-state index in [1.807, 2.05) is 6.21 Å². The first-order valence-corrected chi connectivity index (χ1v) is 9.95. The fourth-order valence-electron chi connectivity index (χ4n) is 3.51. The summed E-state index contributed by atoms with van der Waals surface area (Å²) in [5.74, 6) is 1.32. The van der Waals surface area contributed by atoms with Crippen LogP contribution in [0.3, 0.4) is 0 Å². The van der Waals surface area contributed by atoms with Crippen LogP contribution in [0.25, 0.3) is 10.9 Å². The van der Waals surface area contributed by atoms with Crippen molar-refractivity contribution in [3.63, 3.8) is 0 Å². The second kappa shape index (κ2) is 8.04. The van der Waals surface area contributed by atoms with Gasteiger partial charge in [0.15, 0.2) is 0 Å². The van der Waals surface area contributed by atoms with Gasteiger partial charge in [-0.2, -0.15) is 0 Å². The highest BCUT2D eigenvalue weighted by Crippen LogP contribution is 2.34. The van der Waals surface area contributed by atoms with E-state index < -0.39 is 0 Å². The van der Waals surface area contributed by atoms with Crippen LogP contribution in [0.2, 0.25) is 0 Å². The largest absolute Gasteiger partial charge is 0.254 e. The summed E-state index contributed by atoms with van der Waals surface area (Å²) < 4.78 is 0. The molecular formula is C25H30N2. The van der Waals surface area contributed by atoms with Gasteiger partial charge in [0.25, 0.3) is 0 Å². The second-order valence-corrected chi connectivity index (χ2v) is 8.16. The minimum absolute atomic E-state index is 0.438. The van der Waals surface area contributed by atoms with Gasteiger partial charge in [0.1, 0.15) is 0 Å². The molecule has 0 bridgehead atoms. The fraction of sp³-hybridized carbons (Fsp3) is 0.360. The van der Waals surface area contributed by atoms with E-state index in [4.69, 9.17) is 9.98 Å². The van der Waals surface area contributed by atoms with E-state index in [1.54, 1.807) is 0 Å². The van der Waals surface area contributed by atoms with E-state index in [-0.39, 0.29) is 0 Å². The van der Waals surface area contributed by atoms with E-state index in [9.17, 15) is 0 Å². The molecule has 2 nitrogen and oxygen atoms in total. The summed E-state index contributed by atoms with van der Waals surface area (Å²) in [5, 5.41) is 1.18. The summed E-state index contributed by atoms with van der Waals surface area (Å²) in [7, 11) is 0. The smallest absolute Gasteiger partial charge is 0.0820 e. The number of fused-ring (bicyclic) bond motifs is 1. The number of nitrogens with zero attached hydrogens (tertiary/aromatic N) is 2. The zero-order chi connectivity index (χ0) is 19.6. The average Bonchev–Trinajstić information content (AvgIpc) is 2.65. The average molecular weight is 359 g/mol. The molecule has 0 spiro atoms. The van der Waals surface area contributed by atoms with Crippen LogP contribution in [0.1, 0.15) is 81.7 Å². The van der Waals surface area contributed by atoms with Crippen LogP contribution in [0.15, 0.2) is 53.5 Å². The van der Waals surface area contributed by atoms with Crippen molar-refractivity contribution in [3.8, 4) is 0 Å². The molecule has 2 aromatic carbocycles. The standard InChI is InChI=1S/C25H30N2/c1-16(2)21-10-7-9-19-13-14-20(27-24(19)21)15-26-25-22(17(3)4)11-8-12-23(25)18(5)6/h7-18H,1-6H3. The first-order valence-electron chi connectivity index (χ1n) is 9.95. The van der Waals surface area contributed by atoms with Crippen LogP contribution in [-0.2, 0) is 0 Å². The van der Waals surface area contributed by atoms with Crippen molar-refractivity contribution < 1.29 is 0 Å². The van der Waals surface area contributed by atoms with Gasteiger partial charge >= 0.3 is 0 Å². The van der Waals surface area contributed by atoms with Crippen LogP contribution in [0.4, 0.5) is 5.69 Å². The number of aromatic nitrogens is 1. The van der Waals surface area contributed by atoms with Gasteiger partial charge in [0.2, 0.25) is 0 Å². The normalized spacial score (nSPS) is 12.2.